The molecule has 0 aromatic heterocycles. The number of rotatable bonds is 3. The maximum Gasteiger partial charge on any atom is 0.254 e. The van der Waals surface area contributed by atoms with E-state index in [0.29, 0.717) is 10.6 Å². The van der Waals surface area contributed by atoms with Crippen molar-refractivity contribution in [1.82, 2.24) is 4.90 Å². The molecule has 1 amide bonds. The summed E-state index contributed by atoms with van der Waals surface area (Å²) in [5.41, 5.74) is 0.854. The molecule has 0 bridgehead atoms. The Morgan fingerprint density at radius 1 is 1.47 bits per heavy atom. The van der Waals surface area contributed by atoms with Crippen LogP contribution in [0, 0.1) is 6.92 Å². The molecule has 1 aromatic rings. The van der Waals surface area contributed by atoms with Crippen LogP contribution < -0.4 is 0 Å². The van der Waals surface area contributed by atoms with E-state index >= 15 is 0 Å². The van der Waals surface area contributed by atoms with Gasteiger partial charge in [-0.2, -0.15) is 0 Å². The van der Waals surface area contributed by atoms with E-state index in [2.05, 4.69) is 0 Å². The monoisotopic (exact) mass is 255 g/mol. The number of hydrogen-bond donors (Lipinski definition) is 1. The molecule has 0 aliphatic rings. The number of halogens is 1. The van der Waals surface area contributed by atoms with Gasteiger partial charge in [0.2, 0.25) is 0 Å². The molecule has 3 nitrogen and oxygen atoms in total. The summed E-state index contributed by atoms with van der Waals surface area (Å²) >= 11 is 5.89. The van der Waals surface area contributed by atoms with E-state index in [9.17, 15) is 9.90 Å². The second-order valence-electron chi connectivity index (χ2n) is 4.79. The number of amides is 1. The minimum atomic E-state index is -0.591. The number of aliphatic hydroxyl groups is 1. The molecule has 0 aliphatic heterocycles. The second kappa shape index (κ2) is 5.07. The van der Waals surface area contributed by atoms with Crippen LogP contribution in [-0.2, 0) is 0 Å². The summed E-state index contributed by atoms with van der Waals surface area (Å²) in [6.07, 6.45) is 0. The van der Waals surface area contributed by atoms with E-state index in [1.165, 1.54) is 4.90 Å². The molecule has 0 saturated carbocycles. The van der Waals surface area contributed by atoms with Crippen LogP contribution in [0.4, 0.5) is 0 Å². The van der Waals surface area contributed by atoms with Crippen molar-refractivity contribution in [3.8, 4) is 0 Å². The number of hydrogen-bond acceptors (Lipinski definition) is 2. The summed E-state index contributed by atoms with van der Waals surface area (Å²) in [4.78, 5) is 13.8. The van der Waals surface area contributed by atoms with Crippen LogP contribution in [0.15, 0.2) is 18.2 Å². The van der Waals surface area contributed by atoms with Crippen LogP contribution in [-0.4, -0.2) is 35.1 Å². The van der Waals surface area contributed by atoms with Crippen LogP contribution in [0.25, 0.3) is 0 Å². The van der Waals surface area contributed by atoms with E-state index in [4.69, 9.17) is 11.6 Å². The Kier molecular flexibility index (Phi) is 4.17. The second-order valence-corrected chi connectivity index (χ2v) is 5.23. The summed E-state index contributed by atoms with van der Waals surface area (Å²) in [6, 6.07) is 5.23. The van der Waals surface area contributed by atoms with E-state index in [0.717, 1.165) is 5.56 Å². The summed E-state index contributed by atoms with van der Waals surface area (Å²) in [5.74, 6) is -0.135. The highest BCUT2D eigenvalue weighted by Crippen LogP contribution is 2.20. The van der Waals surface area contributed by atoms with Crippen molar-refractivity contribution in [2.45, 2.75) is 26.3 Å². The van der Waals surface area contributed by atoms with Gasteiger partial charge in [0, 0.05) is 17.6 Å². The lowest BCUT2D eigenvalue weighted by atomic mass is 10.0. The molecule has 0 atom stereocenters. The van der Waals surface area contributed by atoms with Crippen molar-refractivity contribution in [3.63, 3.8) is 0 Å². The normalized spacial score (nSPS) is 11.4. The molecule has 1 aromatic carbocycles. The van der Waals surface area contributed by atoms with Gasteiger partial charge >= 0.3 is 0 Å². The maximum atomic E-state index is 12.3. The predicted molar refractivity (Wildman–Crippen MR) is 69.4 cm³/mol. The maximum absolute atomic E-state index is 12.3. The van der Waals surface area contributed by atoms with Gasteiger partial charge in [-0.25, -0.2) is 0 Å². The molecule has 0 heterocycles. The smallest absolute Gasteiger partial charge is 0.254 e. The molecular weight excluding hydrogens is 238 g/mol. The molecule has 94 valence electrons. The van der Waals surface area contributed by atoms with Gasteiger partial charge in [-0.1, -0.05) is 17.7 Å². The Bertz CT molecular complexity index is 429. The molecule has 0 saturated heterocycles. The largest absolute Gasteiger partial charge is 0.394 e. The Labute approximate surface area is 107 Å². The van der Waals surface area contributed by atoms with Gasteiger partial charge in [0.25, 0.3) is 5.91 Å². The van der Waals surface area contributed by atoms with Crippen LogP contribution in [0.3, 0.4) is 0 Å². The van der Waals surface area contributed by atoms with Crippen molar-refractivity contribution in [2.75, 3.05) is 13.7 Å². The number of carbonyl (C=O) groups excluding carboxylic acids is 1. The third-order valence-electron chi connectivity index (χ3n) is 3.03. The topological polar surface area (TPSA) is 40.5 Å². The Balaban J connectivity index is 3.08. The van der Waals surface area contributed by atoms with E-state index < -0.39 is 5.54 Å². The van der Waals surface area contributed by atoms with Gasteiger partial charge in [0.05, 0.1) is 12.1 Å². The van der Waals surface area contributed by atoms with Crippen molar-refractivity contribution < 1.29 is 9.90 Å². The van der Waals surface area contributed by atoms with Crippen LogP contribution in [0.5, 0.6) is 0 Å². The first kappa shape index (κ1) is 14.0. The molecule has 1 N–H and O–H groups in total. The highest BCUT2D eigenvalue weighted by molar-refractivity contribution is 6.31. The number of aryl methyl sites for hydroxylation is 1. The Morgan fingerprint density at radius 2 is 2.06 bits per heavy atom. The first-order chi connectivity index (χ1) is 7.79. The molecule has 17 heavy (non-hydrogen) atoms. The quantitative estimate of drug-likeness (QED) is 0.902. The number of nitrogens with zero attached hydrogens (tertiary/aromatic N) is 1. The summed E-state index contributed by atoms with van der Waals surface area (Å²) in [7, 11) is 1.68. The highest BCUT2D eigenvalue weighted by Gasteiger charge is 2.28. The van der Waals surface area contributed by atoms with E-state index in [-0.39, 0.29) is 12.5 Å². The SMILES string of the molecule is Cc1ccc(Cl)cc1C(=O)N(C)C(C)(C)CO. The number of aliphatic hydroxyl groups excluding tert-OH is 1. The minimum Gasteiger partial charge on any atom is -0.394 e. The third kappa shape index (κ3) is 2.99. The summed E-state index contributed by atoms with van der Waals surface area (Å²) in [5, 5.41) is 9.80. The lowest BCUT2D eigenvalue weighted by Crippen LogP contribution is -2.47. The molecule has 0 unspecified atom stereocenters. The van der Waals surface area contributed by atoms with Gasteiger partial charge < -0.3 is 10.0 Å². The molecule has 0 spiro atoms. The van der Waals surface area contributed by atoms with Crippen LogP contribution in [0.2, 0.25) is 5.02 Å². The zero-order chi connectivity index (χ0) is 13.2. The van der Waals surface area contributed by atoms with Gasteiger partial charge in [-0.05, 0) is 38.5 Å². The fourth-order valence-electron chi connectivity index (χ4n) is 1.39. The Morgan fingerprint density at radius 3 is 2.59 bits per heavy atom. The lowest BCUT2D eigenvalue weighted by Gasteiger charge is -2.34. The molecule has 0 radical (unpaired) electrons. The molecular formula is C13H18ClNO2. The first-order valence-electron chi connectivity index (χ1n) is 5.45. The Hall–Kier alpha value is -1.06. The number of carbonyl (C=O) groups is 1. The first-order valence-corrected chi connectivity index (χ1v) is 5.82. The van der Waals surface area contributed by atoms with Crippen molar-refractivity contribution >= 4 is 17.5 Å². The average molecular weight is 256 g/mol. The van der Waals surface area contributed by atoms with Crippen LogP contribution >= 0.6 is 11.6 Å². The lowest BCUT2D eigenvalue weighted by molar-refractivity contribution is 0.0472. The van der Waals surface area contributed by atoms with Crippen molar-refractivity contribution in [1.29, 1.82) is 0 Å². The van der Waals surface area contributed by atoms with Gasteiger partial charge in [0.15, 0.2) is 0 Å². The third-order valence-corrected chi connectivity index (χ3v) is 3.26. The highest BCUT2D eigenvalue weighted by atomic mass is 35.5. The van der Waals surface area contributed by atoms with E-state index in [1.54, 1.807) is 19.2 Å². The minimum absolute atomic E-state index is 0.0884. The fraction of sp³-hybridized carbons (Fsp3) is 0.462. The van der Waals surface area contributed by atoms with Gasteiger partial charge in [0.1, 0.15) is 0 Å². The molecule has 0 aliphatic carbocycles. The molecule has 1 rings (SSSR count). The van der Waals surface area contributed by atoms with Crippen molar-refractivity contribution in [2.24, 2.45) is 0 Å². The van der Waals surface area contributed by atoms with Gasteiger partial charge in [-0.15, -0.1) is 0 Å². The van der Waals surface area contributed by atoms with Crippen molar-refractivity contribution in [3.05, 3.63) is 34.3 Å². The van der Waals surface area contributed by atoms with Gasteiger partial charge in [-0.3, -0.25) is 4.79 Å². The zero-order valence-corrected chi connectivity index (χ0v) is 11.4. The zero-order valence-electron chi connectivity index (χ0n) is 10.6. The predicted octanol–water partition coefficient (Wildman–Crippen LogP) is 2.49. The molecule has 0 fully saturated rings. The number of benzene rings is 1. The summed E-state index contributed by atoms with van der Waals surface area (Å²) < 4.78 is 0. The van der Waals surface area contributed by atoms with Crippen LogP contribution in [0.1, 0.15) is 29.8 Å². The average Bonchev–Trinajstić information content (AvgIpc) is 2.30. The number of likely N-dealkylation sites (N-methyl/N-ethyl adjacent to an activating group) is 1. The van der Waals surface area contributed by atoms with E-state index in [1.807, 2.05) is 26.8 Å². The standard InChI is InChI=1S/C13H18ClNO2/c1-9-5-6-10(14)7-11(9)12(17)15(4)13(2,3)8-16/h5-7,16H,8H2,1-4H3. The summed E-state index contributed by atoms with van der Waals surface area (Å²) in [6.45, 7) is 5.40. The fourth-order valence-corrected chi connectivity index (χ4v) is 1.56. The molecule has 4 heteroatoms.